The van der Waals surface area contributed by atoms with Gasteiger partial charge in [-0.2, -0.15) is 0 Å². The third kappa shape index (κ3) is 4.46. The van der Waals surface area contributed by atoms with Crippen LogP contribution >= 0.6 is 0 Å². The average Bonchev–Trinajstić information content (AvgIpc) is 3.28. The third-order valence-corrected chi connectivity index (χ3v) is 7.11. The molecule has 1 aliphatic carbocycles. The van der Waals surface area contributed by atoms with E-state index in [1.54, 1.807) is 14.2 Å². The SMILES string of the molecule is C=CC(=O)OCC(COc1ccc(C2(c3ccc(OC)cc3)c3ccccc3-c3ccccc32)cc1)OC. The van der Waals surface area contributed by atoms with E-state index in [1.807, 2.05) is 24.3 Å². The zero-order valence-electron chi connectivity index (χ0n) is 21.6. The minimum absolute atomic E-state index is 0.0909. The Morgan fingerprint density at radius 2 is 1.29 bits per heavy atom. The van der Waals surface area contributed by atoms with Crippen molar-refractivity contribution >= 4 is 5.97 Å². The van der Waals surface area contributed by atoms with E-state index in [0.717, 1.165) is 23.0 Å². The number of fused-ring (bicyclic) bond motifs is 3. The molecule has 0 heterocycles. The molecule has 5 heteroatoms. The standard InChI is InChI=1S/C33H30O5/c1-4-32(34)38-22-27(36-3)21-37-26-19-15-24(16-20-26)33(23-13-17-25(35-2)18-14-23)30-11-7-5-9-28(30)29-10-6-8-12-31(29)33/h4-20,27H,1,21-22H2,2-3H3. The molecular formula is C33H30O5. The van der Waals surface area contributed by atoms with Crippen molar-refractivity contribution in [1.29, 1.82) is 0 Å². The Morgan fingerprint density at radius 1 is 0.763 bits per heavy atom. The Bertz CT molecular complexity index is 1380. The lowest BCUT2D eigenvalue weighted by molar-refractivity contribution is -0.141. The van der Waals surface area contributed by atoms with E-state index < -0.39 is 17.5 Å². The number of carbonyl (C=O) groups excluding carboxylic acids is 1. The fraction of sp³-hybridized carbons (Fsp3) is 0.182. The van der Waals surface area contributed by atoms with E-state index in [9.17, 15) is 4.79 Å². The molecule has 0 radical (unpaired) electrons. The molecule has 38 heavy (non-hydrogen) atoms. The van der Waals surface area contributed by atoms with Crippen LogP contribution in [0.5, 0.6) is 11.5 Å². The van der Waals surface area contributed by atoms with Gasteiger partial charge in [-0.05, 0) is 57.6 Å². The van der Waals surface area contributed by atoms with Crippen LogP contribution in [-0.4, -0.2) is 39.5 Å². The molecule has 0 saturated heterocycles. The highest BCUT2D eigenvalue weighted by Crippen LogP contribution is 2.56. The minimum atomic E-state index is -0.494. The first kappa shape index (κ1) is 25.3. The van der Waals surface area contributed by atoms with Crippen LogP contribution in [0, 0.1) is 0 Å². The smallest absolute Gasteiger partial charge is 0.330 e. The molecule has 1 unspecified atom stereocenters. The largest absolute Gasteiger partial charge is 0.497 e. The zero-order chi connectivity index (χ0) is 26.5. The number of rotatable bonds is 10. The number of hydrogen-bond donors (Lipinski definition) is 0. The van der Waals surface area contributed by atoms with Crippen molar-refractivity contribution in [2.75, 3.05) is 27.4 Å². The molecule has 1 aliphatic rings. The quantitative estimate of drug-likeness (QED) is 0.167. The highest BCUT2D eigenvalue weighted by Gasteiger charge is 2.45. The second-order valence-electron chi connectivity index (χ2n) is 9.10. The van der Waals surface area contributed by atoms with E-state index in [1.165, 1.54) is 22.3 Å². The van der Waals surface area contributed by atoms with Crippen LogP contribution in [0.3, 0.4) is 0 Å². The number of carbonyl (C=O) groups is 1. The number of methoxy groups -OCH3 is 2. The van der Waals surface area contributed by atoms with Crippen molar-refractivity contribution in [1.82, 2.24) is 0 Å². The van der Waals surface area contributed by atoms with Crippen molar-refractivity contribution in [3.63, 3.8) is 0 Å². The molecule has 1 atom stereocenters. The molecule has 0 aliphatic heterocycles. The molecular weight excluding hydrogens is 476 g/mol. The fourth-order valence-corrected chi connectivity index (χ4v) is 5.27. The van der Waals surface area contributed by atoms with Gasteiger partial charge in [-0.25, -0.2) is 4.79 Å². The Balaban J connectivity index is 1.53. The monoisotopic (exact) mass is 506 g/mol. The molecule has 0 bridgehead atoms. The molecule has 5 nitrogen and oxygen atoms in total. The van der Waals surface area contributed by atoms with E-state index >= 15 is 0 Å². The van der Waals surface area contributed by atoms with Crippen LogP contribution < -0.4 is 9.47 Å². The minimum Gasteiger partial charge on any atom is -0.497 e. The van der Waals surface area contributed by atoms with Crippen LogP contribution in [0.15, 0.2) is 110 Å². The second-order valence-corrected chi connectivity index (χ2v) is 9.10. The maximum atomic E-state index is 11.4. The highest BCUT2D eigenvalue weighted by molar-refractivity contribution is 5.86. The van der Waals surface area contributed by atoms with Crippen molar-refractivity contribution in [2.45, 2.75) is 11.5 Å². The van der Waals surface area contributed by atoms with Gasteiger partial charge in [0.15, 0.2) is 0 Å². The summed E-state index contributed by atoms with van der Waals surface area (Å²) in [4.78, 5) is 11.4. The summed E-state index contributed by atoms with van der Waals surface area (Å²) in [6, 6.07) is 33.8. The molecule has 0 amide bonds. The van der Waals surface area contributed by atoms with E-state index in [0.29, 0.717) is 5.75 Å². The Labute approximate surface area is 223 Å². The van der Waals surface area contributed by atoms with Crippen molar-refractivity contribution in [2.24, 2.45) is 0 Å². The van der Waals surface area contributed by atoms with Crippen LogP contribution in [0.1, 0.15) is 22.3 Å². The summed E-state index contributed by atoms with van der Waals surface area (Å²) < 4.78 is 21.9. The maximum absolute atomic E-state index is 11.4. The van der Waals surface area contributed by atoms with Crippen molar-refractivity contribution < 1.29 is 23.7 Å². The first-order valence-corrected chi connectivity index (χ1v) is 12.5. The normalized spacial score (nSPS) is 13.6. The molecule has 0 saturated carbocycles. The van der Waals surface area contributed by atoms with Gasteiger partial charge in [-0.3, -0.25) is 0 Å². The summed E-state index contributed by atoms with van der Waals surface area (Å²) >= 11 is 0. The van der Waals surface area contributed by atoms with Gasteiger partial charge in [0.05, 0.1) is 12.5 Å². The van der Waals surface area contributed by atoms with E-state index in [-0.39, 0.29) is 13.2 Å². The van der Waals surface area contributed by atoms with Crippen LogP contribution in [0.25, 0.3) is 11.1 Å². The van der Waals surface area contributed by atoms with Gasteiger partial charge < -0.3 is 18.9 Å². The van der Waals surface area contributed by atoms with Crippen LogP contribution in [0.2, 0.25) is 0 Å². The summed E-state index contributed by atoms with van der Waals surface area (Å²) in [7, 11) is 3.24. The maximum Gasteiger partial charge on any atom is 0.330 e. The van der Waals surface area contributed by atoms with Crippen LogP contribution in [-0.2, 0) is 19.7 Å². The molecule has 4 aromatic rings. The predicted octanol–water partition coefficient (Wildman–Crippen LogP) is 6.18. The Kier molecular flexibility index (Phi) is 7.29. The van der Waals surface area contributed by atoms with Crippen molar-refractivity contribution in [3.05, 3.63) is 132 Å². The number of ether oxygens (including phenoxy) is 4. The summed E-state index contributed by atoms with van der Waals surface area (Å²) in [5.74, 6) is 1.03. The topological polar surface area (TPSA) is 54.0 Å². The summed E-state index contributed by atoms with van der Waals surface area (Å²) in [5.41, 5.74) is 6.74. The van der Waals surface area contributed by atoms with Gasteiger partial charge in [-0.15, -0.1) is 0 Å². The van der Waals surface area contributed by atoms with E-state index in [4.69, 9.17) is 18.9 Å². The van der Waals surface area contributed by atoms with Crippen molar-refractivity contribution in [3.8, 4) is 22.6 Å². The highest BCUT2D eigenvalue weighted by atomic mass is 16.6. The zero-order valence-corrected chi connectivity index (χ0v) is 21.6. The summed E-state index contributed by atoms with van der Waals surface area (Å²) in [6.07, 6.45) is 0.738. The lowest BCUT2D eigenvalue weighted by Crippen LogP contribution is -2.28. The molecule has 5 rings (SSSR count). The van der Waals surface area contributed by atoms with Gasteiger partial charge in [-0.1, -0.05) is 79.4 Å². The van der Waals surface area contributed by atoms with Gasteiger partial charge in [0.2, 0.25) is 0 Å². The molecule has 4 aromatic carbocycles. The predicted molar refractivity (Wildman–Crippen MR) is 148 cm³/mol. The lowest BCUT2D eigenvalue weighted by atomic mass is 9.68. The second kappa shape index (κ2) is 11.0. The third-order valence-electron chi connectivity index (χ3n) is 7.11. The molecule has 0 N–H and O–H groups in total. The van der Waals surface area contributed by atoms with E-state index in [2.05, 4.69) is 79.4 Å². The summed E-state index contributed by atoms with van der Waals surface area (Å²) in [6.45, 7) is 3.75. The average molecular weight is 507 g/mol. The molecule has 192 valence electrons. The number of hydrogen-bond acceptors (Lipinski definition) is 5. The Hall–Kier alpha value is -4.35. The van der Waals surface area contributed by atoms with Gasteiger partial charge in [0, 0.05) is 13.2 Å². The summed E-state index contributed by atoms with van der Waals surface area (Å²) in [5, 5.41) is 0. The first-order valence-electron chi connectivity index (χ1n) is 12.5. The number of benzene rings is 4. The first-order chi connectivity index (χ1) is 18.6. The lowest BCUT2D eigenvalue weighted by Gasteiger charge is -2.34. The van der Waals surface area contributed by atoms with Gasteiger partial charge in [0.25, 0.3) is 0 Å². The number of esters is 1. The fourth-order valence-electron chi connectivity index (χ4n) is 5.27. The van der Waals surface area contributed by atoms with Gasteiger partial charge in [0.1, 0.15) is 30.8 Å². The van der Waals surface area contributed by atoms with Crippen LogP contribution in [0.4, 0.5) is 0 Å². The Morgan fingerprint density at radius 3 is 1.79 bits per heavy atom. The molecule has 0 fully saturated rings. The molecule has 0 aromatic heterocycles. The molecule has 0 spiro atoms. The van der Waals surface area contributed by atoms with Gasteiger partial charge >= 0.3 is 5.97 Å².